The van der Waals surface area contributed by atoms with Crippen LogP contribution in [-0.4, -0.2) is 52.4 Å². The fraction of sp³-hybridized carbons (Fsp3) is 0.444. The van der Waals surface area contributed by atoms with Gasteiger partial charge in [0.2, 0.25) is 0 Å². The maximum absolute atomic E-state index is 12.3. The molecule has 5 nitrogen and oxygen atoms in total. The lowest BCUT2D eigenvalue weighted by atomic mass is 9.56. The van der Waals surface area contributed by atoms with Crippen molar-refractivity contribution in [3.63, 3.8) is 0 Å². The van der Waals surface area contributed by atoms with Gasteiger partial charge in [0.15, 0.2) is 0 Å². The second-order valence-electron chi connectivity index (χ2n) is 10.1. The van der Waals surface area contributed by atoms with Crippen LogP contribution in [0.5, 0.6) is 11.5 Å². The van der Waals surface area contributed by atoms with Crippen LogP contribution in [0.15, 0.2) is 48.5 Å². The number of benzene rings is 2. The summed E-state index contributed by atoms with van der Waals surface area (Å²) in [6.45, 7) is 2.71. The quantitative estimate of drug-likeness (QED) is 0.659. The smallest absolute Gasteiger partial charge is 0.121 e. The molecule has 3 aliphatic rings. The summed E-state index contributed by atoms with van der Waals surface area (Å²) in [5, 5.41) is 23.7. The molecule has 0 spiro atoms. The number of rotatable bonds is 4. The summed E-state index contributed by atoms with van der Waals surface area (Å²) in [7, 11) is 1.67. The van der Waals surface area contributed by atoms with Gasteiger partial charge in [0, 0.05) is 48.5 Å². The largest absolute Gasteiger partial charge is 0.508 e. The van der Waals surface area contributed by atoms with Gasteiger partial charge in [-0.1, -0.05) is 12.1 Å². The van der Waals surface area contributed by atoms with Crippen molar-refractivity contribution >= 4 is 10.9 Å². The fourth-order valence-corrected chi connectivity index (χ4v) is 6.06. The van der Waals surface area contributed by atoms with E-state index in [0.717, 1.165) is 58.9 Å². The van der Waals surface area contributed by atoms with E-state index >= 15 is 0 Å². The minimum Gasteiger partial charge on any atom is -0.508 e. The second kappa shape index (κ2) is 7.19. The number of nitrogens with zero attached hydrogens (tertiary/aromatic N) is 2. The standard InChI is InChI=1S/C27H30N2O3/c1-32-23-8-7-19-11-20-14-27(31)17-29(16-18-5-6-18)10-9-26(27,15-25(20)28-24(19)13-23)21-3-2-4-22(30)12-21/h2-4,7-8,11-13,18,30-31H,5-6,9-10,14-17H2,1H3/t26-,27-/m0/s1. The predicted octanol–water partition coefficient (Wildman–Crippen LogP) is 3.83. The van der Waals surface area contributed by atoms with E-state index < -0.39 is 11.0 Å². The average Bonchev–Trinajstić information content (AvgIpc) is 3.59. The van der Waals surface area contributed by atoms with Crippen molar-refractivity contribution in [2.24, 2.45) is 5.92 Å². The van der Waals surface area contributed by atoms with Gasteiger partial charge in [-0.05, 0) is 73.2 Å². The van der Waals surface area contributed by atoms with E-state index in [0.29, 0.717) is 19.4 Å². The number of aromatic hydroxyl groups is 1. The van der Waals surface area contributed by atoms with Gasteiger partial charge in [0.25, 0.3) is 0 Å². The molecular formula is C27H30N2O3. The molecule has 32 heavy (non-hydrogen) atoms. The Balaban J connectivity index is 1.47. The molecule has 5 heteroatoms. The summed E-state index contributed by atoms with van der Waals surface area (Å²) >= 11 is 0. The van der Waals surface area contributed by atoms with Crippen LogP contribution < -0.4 is 4.74 Å². The van der Waals surface area contributed by atoms with Gasteiger partial charge in [-0.2, -0.15) is 0 Å². The molecule has 166 valence electrons. The molecular weight excluding hydrogens is 400 g/mol. The summed E-state index contributed by atoms with van der Waals surface area (Å²) < 4.78 is 5.41. The van der Waals surface area contributed by atoms with Crippen LogP contribution in [0.4, 0.5) is 0 Å². The topological polar surface area (TPSA) is 65.8 Å². The van der Waals surface area contributed by atoms with E-state index in [4.69, 9.17) is 9.72 Å². The highest BCUT2D eigenvalue weighted by Gasteiger charge is 2.57. The molecule has 0 radical (unpaired) electrons. The summed E-state index contributed by atoms with van der Waals surface area (Å²) in [4.78, 5) is 7.51. The first-order chi connectivity index (χ1) is 15.5. The van der Waals surface area contributed by atoms with Gasteiger partial charge >= 0.3 is 0 Å². The SMILES string of the molecule is COc1ccc2cc3c(nc2c1)C[C@]1(c2cccc(O)c2)CCN(CC2CC2)C[C@@]1(O)C3. The number of β-amino-alcohol motifs (C(OH)–C–C–N with tert-alkyl or cyclic N) is 1. The van der Waals surface area contributed by atoms with Gasteiger partial charge in [-0.3, -0.25) is 4.98 Å². The number of pyridine rings is 1. The third-order valence-electron chi connectivity index (χ3n) is 7.99. The Labute approximate surface area is 188 Å². The van der Waals surface area contributed by atoms with Crippen LogP contribution in [0, 0.1) is 5.92 Å². The number of methoxy groups -OCH3 is 1. The van der Waals surface area contributed by atoms with E-state index in [-0.39, 0.29) is 5.75 Å². The second-order valence-corrected chi connectivity index (χ2v) is 10.1. The van der Waals surface area contributed by atoms with Gasteiger partial charge in [0.05, 0.1) is 18.2 Å². The van der Waals surface area contributed by atoms with Crippen molar-refractivity contribution in [2.75, 3.05) is 26.7 Å². The molecule has 0 amide bonds. The Hall–Kier alpha value is -2.63. The molecule has 1 saturated heterocycles. The average molecular weight is 431 g/mol. The third-order valence-corrected chi connectivity index (χ3v) is 7.99. The number of aromatic nitrogens is 1. The Bertz CT molecular complexity index is 1190. The molecule has 2 aromatic carbocycles. The Kier molecular flexibility index (Phi) is 4.50. The number of hydrogen-bond acceptors (Lipinski definition) is 5. The zero-order valence-electron chi connectivity index (χ0n) is 18.6. The van der Waals surface area contributed by atoms with Crippen molar-refractivity contribution in [1.82, 2.24) is 9.88 Å². The number of ether oxygens (including phenoxy) is 1. The molecule has 0 unspecified atom stereocenters. The molecule has 6 rings (SSSR count). The van der Waals surface area contributed by atoms with E-state index in [1.165, 1.54) is 12.8 Å². The molecule has 2 fully saturated rings. The highest BCUT2D eigenvalue weighted by molar-refractivity contribution is 5.81. The minimum absolute atomic E-state index is 0.252. The molecule has 0 bridgehead atoms. The van der Waals surface area contributed by atoms with E-state index in [2.05, 4.69) is 17.0 Å². The van der Waals surface area contributed by atoms with Crippen LogP contribution in [0.2, 0.25) is 0 Å². The highest BCUT2D eigenvalue weighted by atomic mass is 16.5. The number of phenols is 1. The zero-order chi connectivity index (χ0) is 21.9. The summed E-state index contributed by atoms with van der Waals surface area (Å²) in [6, 6.07) is 15.7. The van der Waals surface area contributed by atoms with E-state index in [1.54, 1.807) is 13.2 Å². The maximum Gasteiger partial charge on any atom is 0.121 e. The van der Waals surface area contributed by atoms with Crippen LogP contribution in [0.3, 0.4) is 0 Å². The van der Waals surface area contributed by atoms with Crippen LogP contribution >= 0.6 is 0 Å². The normalized spacial score (nSPS) is 27.7. The molecule has 2 aliphatic carbocycles. The number of aliphatic hydroxyl groups is 1. The van der Waals surface area contributed by atoms with Gasteiger partial charge < -0.3 is 19.8 Å². The van der Waals surface area contributed by atoms with Crippen LogP contribution in [-0.2, 0) is 18.3 Å². The first-order valence-electron chi connectivity index (χ1n) is 11.7. The zero-order valence-corrected chi connectivity index (χ0v) is 18.6. The summed E-state index contributed by atoms with van der Waals surface area (Å²) in [5.74, 6) is 1.85. The number of hydrogen-bond donors (Lipinski definition) is 2. The van der Waals surface area contributed by atoms with Gasteiger partial charge in [0.1, 0.15) is 11.5 Å². The van der Waals surface area contributed by atoms with E-state index in [1.807, 2.05) is 30.3 Å². The summed E-state index contributed by atoms with van der Waals surface area (Å²) in [6.07, 6.45) is 4.74. The highest BCUT2D eigenvalue weighted by Crippen LogP contribution is 2.51. The molecule has 1 saturated carbocycles. The predicted molar refractivity (Wildman–Crippen MR) is 124 cm³/mol. The number of phenolic OH excluding ortho intramolecular Hbond substituents is 1. The molecule has 3 aromatic rings. The number of fused-ring (bicyclic) bond motifs is 3. The van der Waals surface area contributed by atoms with Gasteiger partial charge in [-0.25, -0.2) is 0 Å². The van der Waals surface area contributed by atoms with Crippen molar-refractivity contribution in [2.45, 2.75) is 43.1 Å². The van der Waals surface area contributed by atoms with Crippen molar-refractivity contribution in [3.8, 4) is 11.5 Å². The summed E-state index contributed by atoms with van der Waals surface area (Å²) in [5.41, 5.74) is 2.76. The number of likely N-dealkylation sites (tertiary alicyclic amines) is 1. The lowest BCUT2D eigenvalue weighted by Crippen LogP contribution is -2.66. The lowest BCUT2D eigenvalue weighted by molar-refractivity contribution is -0.104. The molecule has 2 atom stereocenters. The monoisotopic (exact) mass is 430 g/mol. The Morgan fingerprint density at radius 3 is 2.78 bits per heavy atom. The maximum atomic E-state index is 12.3. The first-order valence-corrected chi connectivity index (χ1v) is 11.7. The van der Waals surface area contributed by atoms with Gasteiger partial charge in [-0.15, -0.1) is 0 Å². The van der Waals surface area contributed by atoms with Crippen LogP contribution in [0.1, 0.15) is 36.1 Å². The molecule has 1 aliphatic heterocycles. The number of piperidine rings is 1. The van der Waals surface area contributed by atoms with Crippen LogP contribution in [0.25, 0.3) is 10.9 Å². The molecule has 2 heterocycles. The Morgan fingerprint density at radius 1 is 1.12 bits per heavy atom. The lowest BCUT2D eigenvalue weighted by Gasteiger charge is -2.56. The molecule has 1 aromatic heterocycles. The minimum atomic E-state index is -0.900. The van der Waals surface area contributed by atoms with Crippen molar-refractivity contribution in [3.05, 3.63) is 65.4 Å². The van der Waals surface area contributed by atoms with Crippen molar-refractivity contribution in [1.29, 1.82) is 0 Å². The first kappa shape index (κ1) is 20.0. The fourth-order valence-electron chi connectivity index (χ4n) is 6.06. The molecule has 2 N–H and O–H groups in total. The third kappa shape index (κ3) is 3.18. The van der Waals surface area contributed by atoms with Crippen molar-refractivity contribution < 1.29 is 14.9 Å². The Morgan fingerprint density at radius 2 is 2.00 bits per heavy atom. The van der Waals surface area contributed by atoms with E-state index in [9.17, 15) is 10.2 Å².